The number of Topliss-reactive ketones (excluding diaryl/α,β-unsaturated/α-hetero) is 1. The Bertz CT molecular complexity index is 1160. The number of carbonyl (C=O) groups excluding carboxylic acids is 2. The molecule has 0 saturated heterocycles. The zero-order valence-electron chi connectivity index (χ0n) is 19.1. The zero-order valence-corrected chi connectivity index (χ0v) is 19.1. The quantitative estimate of drug-likeness (QED) is 0.466. The first-order valence-electron chi connectivity index (χ1n) is 11.3. The van der Waals surface area contributed by atoms with Gasteiger partial charge in [0.15, 0.2) is 11.5 Å². The standard InChI is InChI=1S/C27H28N2O4/c1-4-18-9-13-21(14-10-18)29-24(19-11-15-20(16-12-19)28(5-2)6-3)23(26(31)27(29)32)25(30)22-8-7-17-33-22/h7-17,24,31H,4-6H2,1-3H3. The molecule has 1 atom stereocenters. The fraction of sp³-hybridized carbons (Fsp3) is 0.259. The Hall–Kier alpha value is -3.80. The molecule has 1 amide bonds. The lowest BCUT2D eigenvalue weighted by Gasteiger charge is -2.28. The predicted octanol–water partition coefficient (Wildman–Crippen LogP) is 5.47. The van der Waals surface area contributed by atoms with Crippen LogP contribution in [0.4, 0.5) is 11.4 Å². The second-order valence-corrected chi connectivity index (χ2v) is 7.93. The van der Waals surface area contributed by atoms with Crippen LogP contribution in [0.1, 0.15) is 48.5 Å². The monoisotopic (exact) mass is 444 g/mol. The van der Waals surface area contributed by atoms with Crippen LogP contribution in [0, 0.1) is 0 Å². The van der Waals surface area contributed by atoms with Crippen LogP contribution in [0.3, 0.4) is 0 Å². The van der Waals surface area contributed by atoms with Gasteiger partial charge in [0.05, 0.1) is 17.9 Å². The number of benzene rings is 2. The van der Waals surface area contributed by atoms with Gasteiger partial charge in [-0.3, -0.25) is 14.5 Å². The average Bonchev–Trinajstić information content (AvgIpc) is 3.48. The van der Waals surface area contributed by atoms with Gasteiger partial charge in [-0.15, -0.1) is 0 Å². The van der Waals surface area contributed by atoms with Crippen molar-refractivity contribution in [3.8, 4) is 0 Å². The third-order valence-corrected chi connectivity index (χ3v) is 6.16. The van der Waals surface area contributed by atoms with Crippen molar-refractivity contribution >= 4 is 23.1 Å². The summed E-state index contributed by atoms with van der Waals surface area (Å²) in [5.74, 6) is -1.57. The third-order valence-electron chi connectivity index (χ3n) is 6.16. The molecule has 1 unspecified atom stereocenters. The van der Waals surface area contributed by atoms with E-state index in [0.717, 1.165) is 36.3 Å². The summed E-state index contributed by atoms with van der Waals surface area (Å²) in [7, 11) is 0. The summed E-state index contributed by atoms with van der Waals surface area (Å²) in [6.07, 6.45) is 2.27. The number of ketones is 1. The molecule has 2 aromatic carbocycles. The second kappa shape index (κ2) is 9.36. The Morgan fingerprint density at radius 3 is 2.21 bits per heavy atom. The van der Waals surface area contributed by atoms with Gasteiger partial charge in [0.1, 0.15) is 0 Å². The molecule has 1 aliphatic rings. The maximum absolute atomic E-state index is 13.3. The minimum Gasteiger partial charge on any atom is -0.503 e. The number of hydrogen-bond donors (Lipinski definition) is 1. The predicted molar refractivity (Wildman–Crippen MR) is 129 cm³/mol. The molecule has 1 N–H and O–H groups in total. The normalized spacial score (nSPS) is 15.9. The van der Waals surface area contributed by atoms with E-state index in [1.54, 1.807) is 6.07 Å². The third kappa shape index (κ3) is 4.04. The van der Waals surface area contributed by atoms with Gasteiger partial charge in [-0.2, -0.15) is 0 Å². The average molecular weight is 445 g/mol. The molecular formula is C27H28N2O4. The topological polar surface area (TPSA) is 74.0 Å². The van der Waals surface area contributed by atoms with E-state index in [4.69, 9.17) is 4.42 Å². The summed E-state index contributed by atoms with van der Waals surface area (Å²) >= 11 is 0. The second-order valence-electron chi connectivity index (χ2n) is 7.93. The Balaban J connectivity index is 1.81. The van der Waals surface area contributed by atoms with Gasteiger partial charge in [0.2, 0.25) is 5.78 Å². The molecule has 33 heavy (non-hydrogen) atoms. The number of nitrogens with zero attached hydrogens (tertiary/aromatic N) is 2. The Kier molecular flexibility index (Phi) is 6.36. The SMILES string of the molecule is CCc1ccc(N2C(=O)C(O)=C(C(=O)c3ccco3)C2c2ccc(N(CC)CC)cc2)cc1. The van der Waals surface area contributed by atoms with Gasteiger partial charge in [-0.05, 0) is 67.8 Å². The highest BCUT2D eigenvalue weighted by atomic mass is 16.3. The van der Waals surface area contributed by atoms with Crippen molar-refractivity contribution in [3.05, 3.63) is 95.1 Å². The summed E-state index contributed by atoms with van der Waals surface area (Å²) in [6.45, 7) is 7.99. The number of anilines is 2. The first kappa shape index (κ1) is 22.4. The van der Waals surface area contributed by atoms with Crippen LogP contribution in [-0.2, 0) is 11.2 Å². The van der Waals surface area contributed by atoms with Crippen LogP contribution in [0.25, 0.3) is 0 Å². The highest BCUT2D eigenvalue weighted by Gasteiger charge is 2.45. The molecule has 1 aromatic heterocycles. The molecular weight excluding hydrogens is 416 g/mol. The van der Waals surface area contributed by atoms with Crippen molar-refractivity contribution in [2.75, 3.05) is 22.9 Å². The zero-order chi connectivity index (χ0) is 23.5. The van der Waals surface area contributed by atoms with Crippen molar-refractivity contribution in [1.29, 1.82) is 0 Å². The molecule has 0 radical (unpaired) electrons. The number of rotatable bonds is 8. The summed E-state index contributed by atoms with van der Waals surface area (Å²) in [5, 5.41) is 10.8. The molecule has 2 heterocycles. The van der Waals surface area contributed by atoms with E-state index >= 15 is 0 Å². The molecule has 3 aromatic rings. The van der Waals surface area contributed by atoms with Crippen molar-refractivity contribution in [2.24, 2.45) is 0 Å². The van der Waals surface area contributed by atoms with E-state index in [1.807, 2.05) is 48.5 Å². The lowest BCUT2D eigenvalue weighted by molar-refractivity contribution is -0.117. The van der Waals surface area contributed by atoms with Gasteiger partial charge in [0.25, 0.3) is 5.91 Å². The van der Waals surface area contributed by atoms with E-state index < -0.39 is 23.5 Å². The van der Waals surface area contributed by atoms with Crippen molar-refractivity contribution in [1.82, 2.24) is 0 Å². The molecule has 170 valence electrons. The fourth-order valence-electron chi connectivity index (χ4n) is 4.31. The van der Waals surface area contributed by atoms with E-state index in [2.05, 4.69) is 25.7 Å². The summed E-state index contributed by atoms with van der Waals surface area (Å²) in [6, 6.07) is 17.8. The molecule has 4 rings (SSSR count). The van der Waals surface area contributed by atoms with E-state index in [0.29, 0.717) is 5.69 Å². The van der Waals surface area contributed by atoms with Crippen LogP contribution < -0.4 is 9.80 Å². The number of furan rings is 1. The number of aliphatic hydroxyl groups is 1. The van der Waals surface area contributed by atoms with Crippen LogP contribution in [0.15, 0.2) is 82.7 Å². The van der Waals surface area contributed by atoms with Crippen molar-refractivity contribution in [2.45, 2.75) is 33.2 Å². The van der Waals surface area contributed by atoms with Gasteiger partial charge < -0.3 is 14.4 Å². The van der Waals surface area contributed by atoms with E-state index in [-0.39, 0.29) is 11.3 Å². The Morgan fingerprint density at radius 1 is 1.00 bits per heavy atom. The Morgan fingerprint density at radius 2 is 1.67 bits per heavy atom. The number of aryl methyl sites for hydroxylation is 1. The van der Waals surface area contributed by atoms with E-state index in [9.17, 15) is 14.7 Å². The lowest BCUT2D eigenvalue weighted by Crippen LogP contribution is -2.31. The van der Waals surface area contributed by atoms with Gasteiger partial charge in [-0.25, -0.2) is 0 Å². The number of amides is 1. The first-order chi connectivity index (χ1) is 16.0. The van der Waals surface area contributed by atoms with Gasteiger partial charge in [0, 0.05) is 24.5 Å². The molecule has 0 saturated carbocycles. The van der Waals surface area contributed by atoms with Crippen molar-refractivity contribution in [3.63, 3.8) is 0 Å². The largest absolute Gasteiger partial charge is 0.503 e. The number of hydrogen-bond acceptors (Lipinski definition) is 5. The molecule has 0 spiro atoms. The fourth-order valence-corrected chi connectivity index (χ4v) is 4.31. The minimum absolute atomic E-state index is 0.0186. The number of aliphatic hydroxyl groups excluding tert-OH is 1. The number of carbonyl (C=O) groups is 2. The van der Waals surface area contributed by atoms with Crippen LogP contribution in [-0.4, -0.2) is 29.9 Å². The minimum atomic E-state index is -0.770. The molecule has 0 fully saturated rings. The molecule has 6 heteroatoms. The summed E-state index contributed by atoms with van der Waals surface area (Å²) in [5.41, 5.74) is 3.56. The van der Waals surface area contributed by atoms with Crippen LogP contribution in [0.2, 0.25) is 0 Å². The summed E-state index contributed by atoms with van der Waals surface area (Å²) < 4.78 is 5.30. The van der Waals surface area contributed by atoms with E-state index in [1.165, 1.54) is 17.2 Å². The highest BCUT2D eigenvalue weighted by Crippen LogP contribution is 2.42. The van der Waals surface area contributed by atoms with Gasteiger partial charge in [-0.1, -0.05) is 31.2 Å². The lowest BCUT2D eigenvalue weighted by atomic mass is 9.94. The van der Waals surface area contributed by atoms with Crippen molar-refractivity contribution < 1.29 is 19.1 Å². The highest BCUT2D eigenvalue weighted by molar-refractivity contribution is 6.20. The molecule has 0 bridgehead atoms. The molecule has 0 aliphatic carbocycles. The smallest absolute Gasteiger partial charge is 0.294 e. The maximum Gasteiger partial charge on any atom is 0.294 e. The summed E-state index contributed by atoms with van der Waals surface area (Å²) in [4.78, 5) is 30.2. The first-order valence-corrected chi connectivity index (χ1v) is 11.3. The van der Waals surface area contributed by atoms with Crippen LogP contribution in [0.5, 0.6) is 0 Å². The van der Waals surface area contributed by atoms with Gasteiger partial charge >= 0.3 is 0 Å². The Labute approximate surface area is 193 Å². The molecule has 6 nitrogen and oxygen atoms in total. The molecule has 1 aliphatic heterocycles. The maximum atomic E-state index is 13.3. The van der Waals surface area contributed by atoms with Crippen LogP contribution >= 0.6 is 0 Å².